The number of ether oxygens (including phenoxy) is 1. The van der Waals surface area contributed by atoms with Crippen LogP contribution in [0.25, 0.3) is 22.2 Å². The Bertz CT molecular complexity index is 760. The van der Waals surface area contributed by atoms with Gasteiger partial charge >= 0.3 is 0 Å². The smallest absolute Gasteiger partial charge is 0.278 e. The maximum Gasteiger partial charge on any atom is 0.278 e. The van der Waals surface area contributed by atoms with Crippen molar-refractivity contribution < 1.29 is 9.66 Å². The first-order valence-corrected chi connectivity index (χ1v) is 6.09. The number of nitro benzene ring substituents is 1. The van der Waals surface area contributed by atoms with Gasteiger partial charge in [-0.1, -0.05) is 18.2 Å². The lowest BCUT2D eigenvalue weighted by Crippen LogP contribution is -1.93. The third-order valence-electron chi connectivity index (χ3n) is 3.22. The van der Waals surface area contributed by atoms with Crippen molar-refractivity contribution in [2.45, 2.75) is 0 Å². The van der Waals surface area contributed by atoms with Gasteiger partial charge in [-0.2, -0.15) is 0 Å². The van der Waals surface area contributed by atoms with Crippen LogP contribution in [0, 0.1) is 10.1 Å². The van der Waals surface area contributed by atoms with Gasteiger partial charge in [-0.3, -0.25) is 10.1 Å². The zero-order valence-corrected chi connectivity index (χ0v) is 10.8. The molecule has 3 rings (SSSR count). The second kappa shape index (κ2) is 4.70. The van der Waals surface area contributed by atoms with Gasteiger partial charge in [0.25, 0.3) is 5.69 Å². The Morgan fingerprint density at radius 1 is 1.15 bits per heavy atom. The molecule has 3 aromatic rings. The topological polar surface area (TPSA) is 68.2 Å². The molecule has 0 amide bonds. The summed E-state index contributed by atoms with van der Waals surface area (Å²) in [5.74, 6) is 0.587. The highest BCUT2D eigenvalue weighted by Gasteiger charge is 2.17. The number of H-pyrrole nitrogens is 1. The molecule has 0 bridgehead atoms. The molecule has 0 fully saturated rings. The Kier molecular flexibility index (Phi) is 2.87. The number of nitro groups is 1. The Hall–Kier alpha value is -2.82. The highest BCUT2D eigenvalue weighted by Crippen LogP contribution is 2.34. The van der Waals surface area contributed by atoms with Crippen molar-refractivity contribution in [3.8, 4) is 17.0 Å². The first-order chi connectivity index (χ1) is 9.69. The van der Waals surface area contributed by atoms with Gasteiger partial charge in [0, 0.05) is 17.0 Å². The summed E-state index contributed by atoms with van der Waals surface area (Å²) in [4.78, 5) is 14.0. The van der Waals surface area contributed by atoms with E-state index in [-0.39, 0.29) is 10.6 Å². The van der Waals surface area contributed by atoms with Crippen molar-refractivity contribution in [1.29, 1.82) is 0 Å². The van der Waals surface area contributed by atoms with E-state index in [0.717, 1.165) is 10.9 Å². The van der Waals surface area contributed by atoms with Gasteiger partial charge in [0.15, 0.2) is 0 Å². The minimum atomic E-state index is -0.389. The standard InChI is InChI=1S/C15H12N2O3/c1-20-11-6-7-15(17(18)19)12(9-11)14-8-10-4-2-3-5-13(10)16-14/h2-9,16H,1H3. The number of rotatable bonds is 3. The number of hydrogen-bond acceptors (Lipinski definition) is 3. The zero-order chi connectivity index (χ0) is 14.1. The maximum absolute atomic E-state index is 11.2. The fourth-order valence-corrected chi connectivity index (χ4v) is 2.24. The Morgan fingerprint density at radius 3 is 2.65 bits per heavy atom. The number of fused-ring (bicyclic) bond motifs is 1. The molecule has 5 heteroatoms. The summed E-state index contributed by atoms with van der Waals surface area (Å²) < 4.78 is 5.15. The molecule has 0 aliphatic heterocycles. The van der Waals surface area contributed by atoms with Crippen LogP contribution in [0.4, 0.5) is 5.69 Å². The Labute approximate surface area is 115 Å². The van der Waals surface area contributed by atoms with Gasteiger partial charge in [0.1, 0.15) is 5.75 Å². The molecule has 0 saturated carbocycles. The second-order valence-corrected chi connectivity index (χ2v) is 4.41. The van der Waals surface area contributed by atoms with Gasteiger partial charge in [-0.15, -0.1) is 0 Å². The fraction of sp³-hybridized carbons (Fsp3) is 0.0667. The van der Waals surface area contributed by atoms with Crippen LogP contribution in [0.1, 0.15) is 0 Å². The maximum atomic E-state index is 11.2. The largest absolute Gasteiger partial charge is 0.497 e. The number of methoxy groups -OCH3 is 1. The second-order valence-electron chi connectivity index (χ2n) is 4.41. The van der Waals surface area contributed by atoms with Crippen LogP contribution in [0.5, 0.6) is 5.75 Å². The number of benzene rings is 2. The van der Waals surface area contributed by atoms with E-state index in [2.05, 4.69) is 4.98 Å². The highest BCUT2D eigenvalue weighted by molar-refractivity contribution is 5.88. The fourth-order valence-electron chi connectivity index (χ4n) is 2.24. The average molecular weight is 268 g/mol. The molecule has 0 unspecified atom stereocenters. The van der Waals surface area contributed by atoms with E-state index in [1.807, 2.05) is 30.3 Å². The molecule has 1 aromatic heterocycles. The van der Waals surface area contributed by atoms with E-state index in [1.54, 1.807) is 12.1 Å². The van der Waals surface area contributed by atoms with Crippen molar-refractivity contribution in [3.63, 3.8) is 0 Å². The number of aromatic nitrogens is 1. The molecule has 2 aromatic carbocycles. The predicted molar refractivity (Wildman–Crippen MR) is 76.9 cm³/mol. The normalized spacial score (nSPS) is 10.7. The lowest BCUT2D eigenvalue weighted by Gasteiger charge is -2.04. The summed E-state index contributed by atoms with van der Waals surface area (Å²) in [5, 5.41) is 12.2. The molecule has 0 saturated heterocycles. The van der Waals surface area contributed by atoms with Crippen molar-refractivity contribution in [1.82, 2.24) is 4.98 Å². The lowest BCUT2D eigenvalue weighted by molar-refractivity contribution is -0.384. The van der Waals surface area contributed by atoms with E-state index < -0.39 is 0 Å². The molecule has 0 aliphatic rings. The highest BCUT2D eigenvalue weighted by atomic mass is 16.6. The summed E-state index contributed by atoms with van der Waals surface area (Å²) >= 11 is 0. The molecule has 1 heterocycles. The van der Waals surface area contributed by atoms with Gasteiger partial charge in [-0.25, -0.2) is 0 Å². The number of hydrogen-bond donors (Lipinski definition) is 1. The van der Waals surface area contributed by atoms with Crippen LogP contribution in [-0.4, -0.2) is 17.0 Å². The van der Waals surface area contributed by atoms with E-state index in [1.165, 1.54) is 13.2 Å². The molecule has 0 spiro atoms. The first kappa shape index (κ1) is 12.2. The van der Waals surface area contributed by atoms with E-state index >= 15 is 0 Å². The number of nitrogens with zero attached hydrogens (tertiary/aromatic N) is 1. The molecule has 1 N–H and O–H groups in total. The van der Waals surface area contributed by atoms with Gasteiger partial charge in [0.05, 0.1) is 23.3 Å². The van der Waals surface area contributed by atoms with Gasteiger partial charge in [-0.05, 0) is 24.3 Å². The number of para-hydroxylation sites is 1. The quantitative estimate of drug-likeness (QED) is 0.581. The summed E-state index contributed by atoms with van der Waals surface area (Å²) in [7, 11) is 1.54. The van der Waals surface area contributed by atoms with Gasteiger partial charge < -0.3 is 9.72 Å². The molecule has 0 atom stereocenters. The minimum Gasteiger partial charge on any atom is -0.497 e. The molecule has 100 valence electrons. The van der Waals surface area contributed by atoms with Gasteiger partial charge in [0.2, 0.25) is 0 Å². The van der Waals surface area contributed by atoms with Crippen LogP contribution in [0.15, 0.2) is 48.5 Å². The van der Waals surface area contributed by atoms with Crippen LogP contribution in [-0.2, 0) is 0 Å². The molecule has 5 nitrogen and oxygen atoms in total. The van der Waals surface area contributed by atoms with Crippen LogP contribution in [0.3, 0.4) is 0 Å². The molecular weight excluding hydrogens is 256 g/mol. The summed E-state index contributed by atoms with van der Waals surface area (Å²) in [5.41, 5.74) is 2.22. The molecule has 20 heavy (non-hydrogen) atoms. The third-order valence-corrected chi connectivity index (χ3v) is 3.22. The van der Waals surface area contributed by atoms with Crippen molar-refractivity contribution in [3.05, 3.63) is 58.6 Å². The zero-order valence-electron chi connectivity index (χ0n) is 10.8. The van der Waals surface area contributed by atoms with E-state index in [4.69, 9.17) is 4.74 Å². The SMILES string of the molecule is COc1ccc([N+](=O)[O-])c(-c2cc3ccccc3[nH]2)c1. The van der Waals surface area contributed by atoms with Crippen LogP contribution in [0.2, 0.25) is 0 Å². The average Bonchev–Trinajstić information content (AvgIpc) is 2.90. The minimum absolute atomic E-state index is 0.0531. The molecule has 0 aliphatic carbocycles. The van der Waals surface area contributed by atoms with E-state index in [0.29, 0.717) is 17.0 Å². The van der Waals surface area contributed by atoms with Crippen molar-refractivity contribution in [2.75, 3.05) is 7.11 Å². The monoisotopic (exact) mass is 268 g/mol. The number of nitrogens with one attached hydrogen (secondary N) is 1. The van der Waals surface area contributed by atoms with Crippen LogP contribution < -0.4 is 4.74 Å². The molecule has 0 radical (unpaired) electrons. The number of aromatic amines is 1. The third kappa shape index (κ3) is 1.99. The van der Waals surface area contributed by atoms with Crippen molar-refractivity contribution >= 4 is 16.6 Å². The van der Waals surface area contributed by atoms with Crippen molar-refractivity contribution in [2.24, 2.45) is 0 Å². The van der Waals surface area contributed by atoms with E-state index in [9.17, 15) is 10.1 Å². The molecular formula is C15H12N2O3. The summed E-state index contributed by atoms with van der Waals surface area (Å²) in [6, 6.07) is 14.4. The lowest BCUT2D eigenvalue weighted by atomic mass is 10.1. The first-order valence-electron chi connectivity index (χ1n) is 6.09. The summed E-state index contributed by atoms with van der Waals surface area (Å²) in [6.45, 7) is 0. The van der Waals surface area contributed by atoms with Crippen LogP contribution >= 0.6 is 0 Å². The Morgan fingerprint density at radius 2 is 1.95 bits per heavy atom. The predicted octanol–water partition coefficient (Wildman–Crippen LogP) is 3.75. The Balaban J connectivity index is 2.23. The summed E-state index contributed by atoms with van der Waals surface area (Å²) in [6.07, 6.45) is 0.